The maximum Gasteiger partial charge on any atom is 0.137 e. The van der Waals surface area contributed by atoms with Gasteiger partial charge in [0.2, 0.25) is 0 Å². The molecule has 11 rings (SSSR count). The first-order valence-electron chi connectivity index (χ1n) is 19.5. The number of hydrogen-bond donors (Lipinski definition) is 0. The van der Waals surface area contributed by atoms with E-state index in [9.17, 15) is 0 Å². The second kappa shape index (κ2) is 12.3. The van der Waals surface area contributed by atoms with Crippen molar-refractivity contribution in [3.8, 4) is 33.4 Å². The van der Waals surface area contributed by atoms with Crippen LogP contribution in [0, 0.1) is 6.92 Å². The molecule has 0 fully saturated rings. The van der Waals surface area contributed by atoms with E-state index in [1.165, 1.54) is 71.6 Å². The van der Waals surface area contributed by atoms with E-state index in [1.54, 1.807) is 0 Å². The number of anilines is 3. The molecule has 10 aromatic rings. The Morgan fingerprint density at radius 3 is 1.96 bits per heavy atom. The van der Waals surface area contributed by atoms with Crippen LogP contribution in [0.5, 0.6) is 0 Å². The van der Waals surface area contributed by atoms with E-state index in [-0.39, 0.29) is 5.41 Å². The van der Waals surface area contributed by atoms with Gasteiger partial charge in [-0.1, -0.05) is 141 Å². The fraction of sp³-hybridized carbons (Fsp3) is 0.0741. The van der Waals surface area contributed by atoms with Crippen LogP contribution in [0.2, 0.25) is 0 Å². The number of aryl methyl sites for hydroxylation is 1. The number of fused-ring (bicyclic) bond motifs is 8. The average molecular weight is 718 g/mol. The molecular formula is C54H39NO. The third-order valence-electron chi connectivity index (χ3n) is 12.1. The molecule has 1 aliphatic rings. The van der Waals surface area contributed by atoms with Gasteiger partial charge in [0, 0.05) is 39.2 Å². The Morgan fingerprint density at radius 2 is 1.07 bits per heavy atom. The first-order chi connectivity index (χ1) is 27.4. The summed E-state index contributed by atoms with van der Waals surface area (Å²) >= 11 is 0. The summed E-state index contributed by atoms with van der Waals surface area (Å²) in [5.41, 5.74) is 16.2. The molecule has 1 aromatic heterocycles. The Balaban J connectivity index is 1.21. The summed E-state index contributed by atoms with van der Waals surface area (Å²) in [6, 6.07) is 66.7. The molecule has 0 saturated carbocycles. The Kier molecular flexibility index (Phi) is 7.15. The highest BCUT2D eigenvalue weighted by Gasteiger charge is 2.36. The summed E-state index contributed by atoms with van der Waals surface area (Å²) < 4.78 is 6.55. The first-order valence-corrected chi connectivity index (χ1v) is 19.5. The molecule has 0 bridgehead atoms. The van der Waals surface area contributed by atoms with Crippen molar-refractivity contribution in [1.82, 2.24) is 0 Å². The van der Waals surface area contributed by atoms with Crippen LogP contribution in [0.25, 0.3) is 76.9 Å². The van der Waals surface area contributed by atoms with E-state index in [1.807, 2.05) is 6.07 Å². The summed E-state index contributed by atoms with van der Waals surface area (Å²) in [4.78, 5) is 2.47. The second-order valence-corrected chi connectivity index (χ2v) is 15.8. The lowest BCUT2D eigenvalue weighted by atomic mass is 9.82. The van der Waals surface area contributed by atoms with Crippen molar-refractivity contribution in [3.63, 3.8) is 0 Å². The highest BCUT2D eigenvalue weighted by Crippen LogP contribution is 2.52. The van der Waals surface area contributed by atoms with Crippen LogP contribution < -0.4 is 4.90 Å². The Bertz CT molecular complexity index is 3190. The van der Waals surface area contributed by atoms with Gasteiger partial charge in [0.1, 0.15) is 11.2 Å². The number of rotatable bonds is 5. The summed E-state index contributed by atoms with van der Waals surface area (Å²) in [6.45, 7) is 6.99. The van der Waals surface area contributed by atoms with Gasteiger partial charge in [-0.05, 0) is 122 Å². The molecule has 1 heterocycles. The number of para-hydroxylation sites is 1. The van der Waals surface area contributed by atoms with Crippen molar-refractivity contribution in [2.24, 2.45) is 0 Å². The van der Waals surface area contributed by atoms with Gasteiger partial charge >= 0.3 is 0 Å². The standard InChI is InChI=1S/C54H39NO/c1-34-29-39(43-20-12-16-36-14-6-7-17-42(36)43)31-48(38-24-23-35-13-4-5-15-37(35)30-38)53(34)55(41-26-28-47-46-19-9-11-22-51(46)56-52(47)33-41)40-25-27-45-44-18-8-10-21-49(44)54(2,3)50(45)32-40/h4-33H,1-3H3. The SMILES string of the molecule is Cc1cc(-c2cccc3ccccc23)cc(-c2ccc3ccccc3c2)c1N(c1ccc2c(c1)C(C)(C)c1ccccc1-2)c1ccc2c(c1)oc1ccccc12. The molecule has 0 atom stereocenters. The van der Waals surface area contributed by atoms with Crippen LogP contribution >= 0.6 is 0 Å². The predicted octanol–water partition coefficient (Wildman–Crippen LogP) is 15.3. The van der Waals surface area contributed by atoms with Crippen LogP contribution in [0.1, 0.15) is 30.5 Å². The lowest BCUT2D eigenvalue weighted by Gasteiger charge is -2.31. The topological polar surface area (TPSA) is 16.4 Å². The molecule has 1 aliphatic carbocycles. The van der Waals surface area contributed by atoms with E-state index in [2.05, 4.69) is 202 Å². The van der Waals surface area contributed by atoms with Gasteiger partial charge in [0.05, 0.1) is 5.69 Å². The fourth-order valence-electron chi connectivity index (χ4n) is 9.38. The molecule has 0 N–H and O–H groups in total. The molecule has 2 nitrogen and oxygen atoms in total. The molecule has 2 heteroatoms. The van der Waals surface area contributed by atoms with Crippen molar-refractivity contribution in [1.29, 1.82) is 0 Å². The minimum atomic E-state index is -0.148. The molecule has 9 aromatic carbocycles. The fourth-order valence-corrected chi connectivity index (χ4v) is 9.38. The summed E-state index contributed by atoms with van der Waals surface area (Å²) in [7, 11) is 0. The zero-order valence-corrected chi connectivity index (χ0v) is 31.7. The van der Waals surface area contributed by atoms with Crippen molar-refractivity contribution < 1.29 is 4.42 Å². The van der Waals surface area contributed by atoms with E-state index < -0.39 is 0 Å². The quantitative estimate of drug-likeness (QED) is 0.176. The minimum absolute atomic E-state index is 0.148. The van der Waals surface area contributed by atoms with Gasteiger partial charge in [-0.15, -0.1) is 0 Å². The van der Waals surface area contributed by atoms with Crippen LogP contribution in [0.15, 0.2) is 186 Å². The minimum Gasteiger partial charge on any atom is -0.456 e. The highest BCUT2D eigenvalue weighted by atomic mass is 16.3. The van der Waals surface area contributed by atoms with Crippen molar-refractivity contribution in [2.75, 3.05) is 4.90 Å². The lowest BCUT2D eigenvalue weighted by molar-refractivity contribution is 0.660. The molecule has 0 amide bonds. The molecular weight excluding hydrogens is 679 g/mol. The largest absolute Gasteiger partial charge is 0.456 e. The maximum atomic E-state index is 6.55. The molecule has 0 saturated heterocycles. The van der Waals surface area contributed by atoms with E-state index in [4.69, 9.17) is 4.42 Å². The third-order valence-corrected chi connectivity index (χ3v) is 12.1. The van der Waals surface area contributed by atoms with E-state index >= 15 is 0 Å². The molecule has 0 spiro atoms. The van der Waals surface area contributed by atoms with Gasteiger partial charge in [-0.3, -0.25) is 0 Å². The summed E-state index contributed by atoms with van der Waals surface area (Å²) in [5.74, 6) is 0. The molecule has 0 aliphatic heterocycles. The highest BCUT2D eigenvalue weighted by molar-refractivity contribution is 6.07. The van der Waals surface area contributed by atoms with Gasteiger partial charge in [0.15, 0.2) is 0 Å². The Morgan fingerprint density at radius 1 is 0.411 bits per heavy atom. The monoisotopic (exact) mass is 717 g/mol. The molecule has 0 unspecified atom stereocenters. The summed E-state index contributed by atoms with van der Waals surface area (Å²) in [5, 5.41) is 7.18. The van der Waals surface area contributed by atoms with Crippen molar-refractivity contribution >= 4 is 60.5 Å². The van der Waals surface area contributed by atoms with Crippen LogP contribution in [-0.2, 0) is 5.41 Å². The predicted molar refractivity (Wildman–Crippen MR) is 237 cm³/mol. The maximum absolute atomic E-state index is 6.55. The van der Waals surface area contributed by atoms with Gasteiger partial charge < -0.3 is 9.32 Å². The summed E-state index contributed by atoms with van der Waals surface area (Å²) in [6.07, 6.45) is 0. The second-order valence-electron chi connectivity index (χ2n) is 15.8. The lowest BCUT2D eigenvalue weighted by Crippen LogP contribution is -2.17. The average Bonchev–Trinajstić information content (AvgIpc) is 3.72. The van der Waals surface area contributed by atoms with Crippen LogP contribution in [0.4, 0.5) is 17.1 Å². The normalized spacial score (nSPS) is 13.1. The number of furan rings is 1. The smallest absolute Gasteiger partial charge is 0.137 e. The van der Waals surface area contributed by atoms with E-state index in [0.717, 1.165) is 39.0 Å². The van der Waals surface area contributed by atoms with Crippen LogP contribution in [-0.4, -0.2) is 0 Å². The Labute approximate surface area is 326 Å². The molecule has 0 radical (unpaired) electrons. The van der Waals surface area contributed by atoms with Gasteiger partial charge in [-0.2, -0.15) is 0 Å². The van der Waals surface area contributed by atoms with Crippen molar-refractivity contribution in [2.45, 2.75) is 26.2 Å². The van der Waals surface area contributed by atoms with E-state index in [0.29, 0.717) is 0 Å². The Hall–Kier alpha value is -6.90. The number of benzene rings is 9. The third kappa shape index (κ3) is 4.96. The number of nitrogens with zero attached hydrogens (tertiary/aromatic N) is 1. The zero-order valence-electron chi connectivity index (χ0n) is 31.7. The molecule has 266 valence electrons. The zero-order chi connectivity index (χ0) is 37.5. The van der Waals surface area contributed by atoms with Crippen molar-refractivity contribution in [3.05, 3.63) is 199 Å². The van der Waals surface area contributed by atoms with Gasteiger partial charge in [-0.25, -0.2) is 0 Å². The van der Waals surface area contributed by atoms with Gasteiger partial charge in [0.25, 0.3) is 0 Å². The number of hydrogen-bond acceptors (Lipinski definition) is 2. The van der Waals surface area contributed by atoms with Crippen LogP contribution in [0.3, 0.4) is 0 Å². The molecule has 56 heavy (non-hydrogen) atoms. The first kappa shape index (κ1) is 32.5.